The molecule has 1 amide bonds. The average molecular weight is 348 g/mol. The van der Waals surface area contributed by atoms with Gasteiger partial charge in [0.2, 0.25) is 5.91 Å². The van der Waals surface area contributed by atoms with Gasteiger partial charge in [-0.05, 0) is 43.7 Å². The van der Waals surface area contributed by atoms with Gasteiger partial charge in [0.1, 0.15) is 0 Å². The number of aryl methyl sites for hydroxylation is 1. The van der Waals surface area contributed by atoms with E-state index in [9.17, 15) is 4.79 Å². The van der Waals surface area contributed by atoms with Gasteiger partial charge in [0, 0.05) is 32.5 Å². The summed E-state index contributed by atoms with van der Waals surface area (Å²) < 4.78 is 11.6. The number of carbonyl (C=O) groups excluding carboxylic acids is 1. The van der Waals surface area contributed by atoms with Crippen LogP contribution >= 0.6 is 0 Å². The van der Waals surface area contributed by atoms with Crippen molar-refractivity contribution in [1.29, 1.82) is 0 Å². The number of ether oxygens (including phenoxy) is 2. The summed E-state index contributed by atoms with van der Waals surface area (Å²) >= 11 is 0. The van der Waals surface area contributed by atoms with Crippen LogP contribution in [0.1, 0.15) is 37.7 Å². The third-order valence-corrected chi connectivity index (χ3v) is 5.66. The van der Waals surface area contributed by atoms with Crippen LogP contribution in [0, 0.1) is 0 Å². The highest BCUT2D eigenvalue weighted by molar-refractivity contribution is 5.77. The number of fused-ring (bicyclic) bond motifs is 1. The van der Waals surface area contributed by atoms with Crippen LogP contribution < -0.4 is 0 Å². The molecule has 1 saturated carbocycles. The number of aliphatic hydroxyl groups is 1. The van der Waals surface area contributed by atoms with E-state index in [2.05, 4.69) is 4.98 Å². The molecule has 6 nitrogen and oxygen atoms in total. The number of pyridine rings is 1. The number of methoxy groups -OCH3 is 1. The lowest BCUT2D eigenvalue weighted by atomic mass is 9.79. The molecule has 1 saturated heterocycles. The van der Waals surface area contributed by atoms with Crippen LogP contribution in [0.4, 0.5) is 0 Å². The maximum Gasteiger partial charge on any atom is 0.223 e. The Balaban J connectivity index is 1.63. The van der Waals surface area contributed by atoms with E-state index in [1.807, 2.05) is 23.2 Å². The number of aliphatic hydroxyl groups excluding tert-OH is 1. The molecule has 2 heterocycles. The quantitative estimate of drug-likeness (QED) is 0.810. The van der Waals surface area contributed by atoms with Gasteiger partial charge in [-0.1, -0.05) is 6.07 Å². The summed E-state index contributed by atoms with van der Waals surface area (Å²) in [5, 5.41) is 8.98. The first-order valence-electron chi connectivity index (χ1n) is 9.14. The molecule has 0 unspecified atom stereocenters. The van der Waals surface area contributed by atoms with Crippen LogP contribution in [0.5, 0.6) is 0 Å². The minimum atomic E-state index is -0.233. The molecule has 1 aromatic heterocycles. The SMILES string of the molecule is CO[C@@]12CC[C@@H](OCCO)C[C@@H]1N(C(=O)CCc1cccnc1)CC2. The molecule has 25 heavy (non-hydrogen) atoms. The van der Waals surface area contributed by atoms with Gasteiger partial charge in [-0.25, -0.2) is 0 Å². The monoisotopic (exact) mass is 348 g/mol. The second-order valence-corrected chi connectivity index (χ2v) is 6.97. The summed E-state index contributed by atoms with van der Waals surface area (Å²) in [6.07, 6.45) is 8.34. The average Bonchev–Trinajstić information content (AvgIpc) is 3.04. The number of carbonyl (C=O) groups is 1. The second-order valence-electron chi connectivity index (χ2n) is 6.97. The highest BCUT2D eigenvalue weighted by Crippen LogP contribution is 2.43. The number of hydrogen-bond acceptors (Lipinski definition) is 5. The Morgan fingerprint density at radius 1 is 1.48 bits per heavy atom. The third kappa shape index (κ3) is 4.02. The fourth-order valence-electron chi connectivity index (χ4n) is 4.27. The summed E-state index contributed by atoms with van der Waals surface area (Å²) in [6.45, 7) is 1.13. The van der Waals surface area contributed by atoms with Gasteiger partial charge in [-0.3, -0.25) is 9.78 Å². The zero-order chi connectivity index (χ0) is 17.7. The first-order valence-corrected chi connectivity index (χ1v) is 9.14. The van der Waals surface area contributed by atoms with E-state index >= 15 is 0 Å². The highest BCUT2D eigenvalue weighted by Gasteiger charge is 2.52. The molecule has 1 aliphatic heterocycles. The van der Waals surface area contributed by atoms with E-state index < -0.39 is 0 Å². The molecule has 0 bridgehead atoms. The standard InChI is InChI=1S/C19H28N2O4/c1-24-19-7-6-16(25-12-11-22)13-17(19)21(10-8-19)18(23)5-4-15-3-2-9-20-14-15/h2-3,9,14,16-17,22H,4-8,10-13H2,1H3/t16-,17+,19-/m1/s1. The number of rotatable bonds is 7. The van der Waals surface area contributed by atoms with E-state index in [0.29, 0.717) is 19.4 Å². The molecule has 3 atom stereocenters. The Hall–Kier alpha value is -1.50. The lowest BCUT2D eigenvalue weighted by Gasteiger charge is -2.43. The van der Waals surface area contributed by atoms with E-state index in [-0.39, 0.29) is 30.3 Å². The fourth-order valence-corrected chi connectivity index (χ4v) is 4.27. The molecule has 0 aromatic carbocycles. The Bertz CT molecular complexity index is 568. The van der Waals surface area contributed by atoms with Gasteiger partial charge in [0.15, 0.2) is 0 Å². The van der Waals surface area contributed by atoms with Gasteiger partial charge in [0.05, 0.1) is 31.0 Å². The van der Waals surface area contributed by atoms with Crippen LogP contribution in [-0.2, 0) is 20.7 Å². The predicted molar refractivity (Wildman–Crippen MR) is 93.1 cm³/mol. The van der Waals surface area contributed by atoms with Crippen molar-refractivity contribution in [2.45, 2.75) is 56.3 Å². The molecule has 6 heteroatoms. The van der Waals surface area contributed by atoms with Crippen LogP contribution in [0.2, 0.25) is 0 Å². The van der Waals surface area contributed by atoms with Crippen molar-refractivity contribution < 1.29 is 19.4 Å². The highest BCUT2D eigenvalue weighted by atomic mass is 16.5. The van der Waals surface area contributed by atoms with E-state index in [4.69, 9.17) is 14.6 Å². The van der Waals surface area contributed by atoms with Crippen molar-refractivity contribution in [2.24, 2.45) is 0 Å². The topological polar surface area (TPSA) is 71.9 Å². The molecular formula is C19H28N2O4. The Kier molecular flexibility index (Phi) is 6.04. The molecule has 138 valence electrons. The van der Waals surface area contributed by atoms with Gasteiger partial charge in [-0.15, -0.1) is 0 Å². The van der Waals surface area contributed by atoms with Crippen molar-refractivity contribution in [3.05, 3.63) is 30.1 Å². The van der Waals surface area contributed by atoms with E-state index in [1.54, 1.807) is 13.3 Å². The first-order chi connectivity index (χ1) is 12.2. The number of nitrogens with zero attached hydrogens (tertiary/aromatic N) is 2. The van der Waals surface area contributed by atoms with E-state index in [1.165, 1.54) is 0 Å². The molecule has 2 aliphatic rings. The first kappa shape index (κ1) is 18.3. The molecule has 2 fully saturated rings. The number of likely N-dealkylation sites (tertiary alicyclic amines) is 1. The lowest BCUT2D eigenvalue weighted by Crippen LogP contribution is -2.53. The minimum absolute atomic E-state index is 0.0321. The zero-order valence-electron chi connectivity index (χ0n) is 14.9. The molecule has 0 spiro atoms. The lowest BCUT2D eigenvalue weighted by molar-refractivity contribution is -0.142. The Morgan fingerprint density at radius 3 is 3.08 bits per heavy atom. The summed E-state index contributed by atoms with van der Waals surface area (Å²) in [6, 6.07) is 3.97. The van der Waals surface area contributed by atoms with Crippen molar-refractivity contribution in [3.8, 4) is 0 Å². The maximum absolute atomic E-state index is 12.8. The van der Waals surface area contributed by atoms with Crippen molar-refractivity contribution in [2.75, 3.05) is 26.9 Å². The van der Waals surface area contributed by atoms with Crippen LogP contribution in [0.3, 0.4) is 0 Å². The minimum Gasteiger partial charge on any atom is -0.394 e. The summed E-state index contributed by atoms with van der Waals surface area (Å²) in [5.41, 5.74) is 0.851. The molecule has 1 aromatic rings. The fraction of sp³-hybridized carbons (Fsp3) is 0.684. The Morgan fingerprint density at radius 2 is 2.36 bits per heavy atom. The van der Waals surface area contributed by atoms with Crippen molar-refractivity contribution >= 4 is 5.91 Å². The van der Waals surface area contributed by atoms with Gasteiger partial charge >= 0.3 is 0 Å². The van der Waals surface area contributed by atoms with Gasteiger partial charge in [0.25, 0.3) is 0 Å². The smallest absolute Gasteiger partial charge is 0.223 e. The number of amides is 1. The Labute approximate surface area is 149 Å². The van der Waals surface area contributed by atoms with Crippen LogP contribution in [0.25, 0.3) is 0 Å². The second kappa shape index (κ2) is 8.25. The molecule has 3 rings (SSSR count). The molecular weight excluding hydrogens is 320 g/mol. The largest absolute Gasteiger partial charge is 0.394 e. The van der Waals surface area contributed by atoms with Gasteiger partial charge in [-0.2, -0.15) is 0 Å². The number of aromatic nitrogens is 1. The summed E-state index contributed by atoms with van der Waals surface area (Å²) in [5.74, 6) is 0.176. The van der Waals surface area contributed by atoms with Gasteiger partial charge < -0.3 is 19.5 Å². The predicted octanol–water partition coefficient (Wildman–Crippen LogP) is 1.56. The van der Waals surface area contributed by atoms with Crippen LogP contribution in [0.15, 0.2) is 24.5 Å². The third-order valence-electron chi connectivity index (χ3n) is 5.66. The van der Waals surface area contributed by atoms with Crippen molar-refractivity contribution in [3.63, 3.8) is 0 Å². The van der Waals surface area contributed by atoms with E-state index in [0.717, 1.165) is 37.8 Å². The van der Waals surface area contributed by atoms with Crippen LogP contribution in [-0.4, -0.2) is 65.5 Å². The summed E-state index contributed by atoms with van der Waals surface area (Å²) in [4.78, 5) is 18.9. The molecule has 1 N–H and O–H groups in total. The summed E-state index contributed by atoms with van der Waals surface area (Å²) in [7, 11) is 1.76. The zero-order valence-corrected chi connectivity index (χ0v) is 14.9. The number of hydrogen-bond donors (Lipinski definition) is 1. The van der Waals surface area contributed by atoms with Crippen molar-refractivity contribution in [1.82, 2.24) is 9.88 Å². The molecule has 0 radical (unpaired) electrons. The molecule has 1 aliphatic carbocycles. The normalized spacial score (nSPS) is 28.8. The maximum atomic E-state index is 12.8.